The van der Waals surface area contributed by atoms with Crippen molar-refractivity contribution in [2.24, 2.45) is 0 Å². The van der Waals surface area contributed by atoms with Crippen LogP contribution in [0.4, 0.5) is 4.79 Å². The molecule has 0 radical (unpaired) electrons. The minimum absolute atomic E-state index is 0.0619. The molecule has 0 aliphatic heterocycles. The zero-order valence-corrected chi connectivity index (χ0v) is 16.7. The molecule has 0 saturated heterocycles. The van der Waals surface area contributed by atoms with Crippen LogP contribution in [0.15, 0.2) is 0 Å². The molecule has 1 aliphatic rings. The number of hydrogen-bond donors (Lipinski definition) is 0. The van der Waals surface area contributed by atoms with E-state index in [0.29, 0.717) is 6.42 Å². The smallest absolute Gasteiger partial charge is 0.411 e. The lowest BCUT2D eigenvalue weighted by Crippen LogP contribution is -2.52. The molecule has 0 unspecified atom stereocenters. The number of ether oxygens (including phenoxy) is 3. The summed E-state index contributed by atoms with van der Waals surface area (Å²) in [4.78, 5) is 38.1. The van der Waals surface area contributed by atoms with Crippen LogP contribution >= 0.6 is 0 Å². The van der Waals surface area contributed by atoms with Gasteiger partial charge in [0.2, 0.25) is 0 Å². The third-order valence-electron chi connectivity index (χ3n) is 4.13. The number of rotatable bonds is 7. The maximum Gasteiger partial charge on any atom is 0.411 e. The number of carbonyl (C=O) groups excluding carboxylic acids is 3. The van der Waals surface area contributed by atoms with E-state index in [-0.39, 0.29) is 12.6 Å². The molecular formula is C19H33NO6. The minimum atomic E-state index is -0.827. The van der Waals surface area contributed by atoms with Crippen molar-refractivity contribution in [2.75, 3.05) is 13.2 Å². The molecule has 0 bridgehead atoms. The van der Waals surface area contributed by atoms with Crippen LogP contribution in [0.3, 0.4) is 0 Å². The van der Waals surface area contributed by atoms with E-state index in [9.17, 15) is 14.4 Å². The lowest BCUT2D eigenvalue weighted by molar-refractivity contribution is -0.162. The van der Waals surface area contributed by atoms with Crippen molar-refractivity contribution < 1.29 is 28.6 Å². The molecule has 150 valence electrons. The molecule has 1 amide bonds. The summed E-state index contributed by atoms with van der Waals surface area (Å²) in [6.07, 6.45) is 4.97. The first-order valence-corrected chi connectivity index (χ1v) is 9.49. The van der Waals surface area contributed by atoms with Gasteiger partial charge in [-0.25, -0.2) is 14.4 Å². The maximum atomic E-state index is 12.7. The van der Waals surface area contributed by atoms with Crippen LogP contribution in [0.1, 0.15) is 73.1 Å². The van der Waals surface area contributed by atoms with E-state index in [2.05, 4.69) is 0 Å². The summed E-state index contributed by atoms with van der Waals surface area (Å²) in [7, 11) is 0. The van der Waals surface area contributed by atoms with Gasteiger partial charge in [-0.2, -0.15) is 0 Å². The molecule has 0 aromatic rings. The number of hydrogen-bond acceptors (Lipinski definition) is 6. The maximum absolute atomic E-state index is 12.7. The van der Waals surface area contributed by atoms with Crippen LogP contribution in [0.2, 0.25) is 0 Å². The Hall–Kier alpha value is -1.79. The number of amides is 1. The molecule has 7 nitrogen and oxygen atoms in total. The number of esters is 2. The normalized spacial score (nSPS) is 16.5. The van der Waals surface area contributed by atoms with Crippen molar-refractivity contribution in [3.63, 3.8) is 0 Å². The van der Waals surface area contributed by atoms with Crippen LogP contribution < -0.4 is 0 Å². The van der Waals surface area contributed by atoms with Crippen molar-refractivity contribution in [1.29, 1.82) is 0 Å². The summed E-state index contributed by atoms with van der Waals surface area (Å²) >= 11 is 0. The SMILES string of the molecule is CCCOC(=O)COC(=O)[C@H](C)N(C(=O)OC(C)(C)C)C1CCCCC1. The van der Waals surface area contributed by atoms with Gasteiger partial charge in [-0.3, -0.25) is 4.90 Å². The van der Waals surface area contributed by atoms with Crippen LogP contribution in [-0.4, -0.2) is 53.8 Å². The Kier molecular flexibility index (Phi) is 8.88. The summed E-state index contributed by atoms with van der Waals surface area (Å²) in [6.45, 7) is 8.69. The molecule has 1 aliphatic carbocycles. The van der Waals surface area contributed by atoms with Crippen molar-refractivity contribution in [1.82, 2.24) is 4.90 Å². The van der Waals surface area contributed by atoms with Crippen molar-refractivity contribution >= 4 is 18.0 Å². The standard InChI is InChI=1S/C19H33NO6/c1-6-12-24-16(21)13-25-17(22)14(2)20(15-10-8-7-9-11-15)18(23)26-19(3,4)5/h14-15H,6-13H2,1-5H3/t14-/m0/s1. The Balaban J connectivity index is 2.75. The fraction of sp³-hybridized carbons (Fsp3) is 0.842. The van der Waals surface area contributed by atoms with Gasteiger partial charge in [0.15, 0.2) is 6.61 Å². The topological polar surface area (TPSA) is 82.1 Å². The van der Waals surface area contributed by atoms with Crippen LogP contribution in [0.25, 0.3) is 0 Å². The van der Waals surface area contributed by atoms with Crippen LogP contribution in [0.5, 0.6) is 0 Å². The van der Waals surface area contributed by atoms with E-state index in [1.165, 1.54) is 4.90 Å². The van der Waals surface area contributed by atoms with Crippen molar-refractivity contribution in [3.8, 4) is 0 Å². The lowest BCUT2D eigenvalue weighted by Gasteiger charge is -2.38. The molecule has 0 N–H and O–H groups in total. The first-order chi connectivity index (χ1) is 12.2. The van der Waals surface area contributed by atoms with Gasteiger partial charge in [0.1, 0.15) is 11.6 Å². The Morgan fingerprint density at radius 2 is 1.69 bits per heavy atom. The van der Waals surface area contributed by atoms with E-state index >= 15 is 0 Å². The van der Waals surface area contributed by atoms with E-state index in [1.54, 1.807) is 27.7 Å². The second-order valence-electron chi connectivity index (χ2n) is 7.68. The molecule has 1 atom stereocenters. The van der Waals surface area contributed by atoms with Gasteiger partial charge < -0.3 is 14.2 Å². The molecule has 0 aromatic heterocycles. The van der Waals surface area contributed by atoms with E-state index in [4.69, 9.17) is 14.2 Å². The molecule has 1 saturated carbocycles. The predicted molar refractivity (Wildman–Crippen MR) is 96.6 cm³/mol. The summed E-state index contributed by atoms with van der Waals surface area (Å²) in [6, 6.07) is -0.889. The lowest BCUT2D eigenvalue weighted by atomic mass is 9.93. The second-order valence-corrected chi connectivity index (χ2v) is 7.68. The summed E-state index contributed by atoms with van der Waals surface area (Å²) < 4.78 is 15.4. The summed E-state index contributed by atoms with van der Waals surface area (Å²) in [5.74, 6) is -1.22. The average molecular weight is 371 g/mol. The number of nitrogens with zero attached hydrogens (tertiary/aromatic N) is 1. The molecule has 0 aromatic carbocycles. The van der Waals surface area contributed by atoms with Gasteiger partial charge in [0.05, 0.1) is 6.61 Å². The Morgan fingerprint density at radius 3 is 2.23 bits per heavy atom. The molecular weight excluding hydrogens is 338 g/mol. The first-order valence-electron chi connectivity index (χ1n) is 9.49. The molecule has 1 rings (SSSR count). The Labute approximate surface area is 156 Å². The second kappa shape index (κ2) is 10.4. The van der Waals surface area contributed by atoms with Crippen LogP contribution in [-0.2, 0) is 23.8 Å². The van der Waals surface area contributed by atoms with E-state index in [1.807, 2.05) is 6.92 Å². The van der Waals surface area contributed by atoms with Gasteiger partial charge >= 0.3 is 18.0 Å². The van der Waals surface area contributed by atoms with Crippen molar-refractivity contribution in [3.05, 3.63) is 0 Å². The fourth-order valence-electron chi connectivity index (χ4n) is 2.92. The van der Waals surface area contributed by atoms with Gasteiger partial charge in [-0.15, -0.1) is 0 Å². The Morgan fingerprint density at radius 1 is 1.08 bits per heavy atom. The molecule has 0 heterocycles. The third-order valence-corrected chi connectivity index (χ3v) is 4.13. The zero-order chi connectivity index (χ0) is 19.7. The Bertz CT molecular complexity index is 479. The van der Waals surface area contributed by atoms with Gasteiger partial charge in [-0.05, 0) is 47.0 Å². The van der Waals surface area contributed by atoms with Gasteiger partial charge in [0.25, 0.3) is 0 Å². The van der Waals surface area contributed by atoms with Crippen molar-refractivity contribution in [2.45, 2.75) is 90.8 Å². The quantitative estimate of drug-likeness (QED) is 0.504. The molecule has 7 heteroatoms. The molecule has 26 heavy (non-hydrogen) atoms. The highest BCUT2D eigenvalue weighted by Gasteiger charge is 2.36. The minimum Gasteiger partial charge on any atom is -0.463 e. The third kappa shape index (κ3) is 7.62. The molecule has 0 spiro atoms. The van der Waals surface area contributed by atoms with Crippen LogP contribution in [0, 0.1) is 0 Å². The first kappa shape index (κ1) is 22.3. The largest absolute Gasteiger partial charge is 0.463 e. The van der Waals surface area contributed by atoms with E-state index < -0.39 is 36.3 Å². The fourth-order valence-corrected chi connectivity index (χ4v) is 2.92. The van der Waals surface area contributed by atoms with Gasteiger partial charge in [-0.1, -0.05) is 26.2 Å². The monoisotopic (exact) mass is 371 g/mol. The predicted octanol–water partition coefficient (Wildman–Crippen LogP) is 3.44. The average Bonchev–Trinajstić information content (AvgIpc) is 2.57. The summed E-state index contributed by atoms with van der Waals surface area (Å²) in [5, 5.41) is 0. The highest BCUT2D eigenvalue weighted by atomic mass is 16.6. The summed E-state index contributed by atoms with van der Waals surface area (Å²) in [5.41, 5.74) is -0.655. The molecule has 1 fully saturated rings. The highest BCUT2D eigenvalue weighted by molar-refractivity contribution is 5.83. The highest BCUT2D eigenvalue weighted by Crippen LogP contribution is 2.26. The van der Waals surface area contributed by atoms with E-state index in [0.717, 1.165) is 32.1 Å². The zero-order valence-electron chi connectivity index (χ0n) is 16.7. The van der Waals surface area contributed by atoms with Gasteiger partial charge in [0, 0.05) is 6.04 Å². The number of carbonyl (C=O) groups is 3.